The van der Waals surface area contributed by atoms with Gasteiger partial charge in [-0.05, 0) is 37.3 Å². The number of hydrogen-bond donors (Lipinski definition) is 0. The molecular formula is C25H33N5O3. The molecule has 0 spiro atoms. The summed E-state index contributed by atoms with van der Waals surface area (Å²) in [6, 6.07) is 5.60. The van der Waals surface area contributed by atoms with E-state index >= 15 is 0 Å². The third kappa shape index (κ3) is 4.65. The number of anilines is 2. The van der Waals surface area contributed by atoms with Crippen LogP contribution >= 0.6 is 0 Å². The Hall–Kier alpha value is -3.16. The highest BCUT2D eigenvalue weighted by atomic mass is 16.5. The molecule has 8 nitrogen and oxygen atoms in total. The van der Waals surface area contributed by atoms with Crippen LogP contribution in [0.5, 0.6) is 5.75 Å². The fourth-order valence-corrected chi connectivity index (χ4v) is 4.26. The highest BCUT2D eigenvalue weighted by molar-refractivity contribution is 5.95. The van der Waals surface area contributed by atoms with Crippen molar-refractivity contribution in [1.82, 2.24) is 14.5 Å². The van der Waals surface area contributed by atoms with E-state index in [4.69, 9.17) is 4.74 Å². The van der Waals surface area contributed by atoms with Gasteiger partial charge in [0.2, 0.25) is 5.91 Å². The SMILES string of the molecule is CN=c1cc(N2CCOc3cc(C(=O)N4CCCCC4)cnc32)ccn1C(=O)C(C)C(C)C. The van der Waals surface area contributed by atoms with E-state index in [1.54, 1.807) is 30.1 Å². The van der Waals surface area contributed by atoms with Gasteiger partial charge in [0.15, 0.2) is 11.6 Å². The van der Waals surface area contributed by atoms with E-state index in [2.05, 4.69) is 9.98 Å². The van der Waals surface area contributed by atoms with Gasteiger partial charge in [0, 0.05) is 50.2 Å². The van der Waals surface area contributed by atoms with Crippen molar-refractivity contribution >= 4 is 23.3 Å². The molecule has 0 N–H and O–H groups in total. The lowest BCUT2D eigenvalue weighted by Crippen LogP contribution is -2.36. The lowest BCUT2D eigenvalue weighted by Gasteiger charge is -2.31. The van der Waals surface area contributed by atoms with Crippen molar-refractivity contribution in [3.05, 3.63) is 41.6 Å². The molecule has 0 radical (unpaired) electrons. The summed E-state index contributed by atoms with van der Waals surface area (Å²) in [5, 5.41) is 0. The van der Waals surface area contributed by atoms with Gasteiger partial charge < -0.3 is 14.5 Å². The molecule has 0 saturated carbocycles. The van der Waals surface area contributed by atoms with Crippen LogP contribution in [0, 0.1) is 11.8 Å². The summed E-state index contributed by atoms with van der Waals surface area (Å²) in [6.07, 6.45) is 6.69. The van der Waals surface area contributed by atoms with E-state index < -0.39 is 0 Å². The summed E-state index contributed by atoms with van der Waals surface area (Å²) in [5.74, 6) is 1.43. The molecular weight excluding hydrogens is 418 g/mol. The van der Waals surface area contributed by atoms with Crippen molar-refractivity contribution in [3.63, 3.8) is 0 Å². The number of hydrogen-bond acceptors (Lipinski definition) is 6. The van der Waals surface area contributed by atoms with Crippen molar-refractivity contribution in [2.45, 2.75) is 40.0 Å². The second-order valence-corrected chi connectivity index (χ2v) is 9.11. The average molecular weight is 452 g/mol. The van der Waals surface area contributed by atoms with Crippen LogP contribution in [0.25, 0.3) is 0 Å². The lowest BCUT2D eigenvalue weighted by atomic mass is 9.97. The van der Waals surface area contributed by atoms with Gasteiger partial charge in [-0.3, -0.25) is 19.1 Å². The van der Waals surface area contributed by atoms with Gasteiger partial charge in [-0.15, -0.1) is 0 Å². The van der Waals surface area contributed by atoms with Crippen LogP contribution in [0.4, 0.5) is 11.5 Å². The predicted octanol–water partition coefficient (Wildman–Crippen LogP) is 3.50. The summed E-state index contributed by atoms with van der Waals surface area (Å²) in [7, 11) is 1.69. The van der Waals surface area contributed by atoms with Crippen LogP contribution in [0.2, 0.25) is 0 Å². The fraction of sp³-hybridized carbons (Fsp3) is 0.520. The maximum Gasteiger partial charge on any atom is 0.255 e. The van der Waals surface area contributed by atoms with Crippen molar-refractivity contribution in [3.8, 4) is 5.75 Å². The minimum atomic E-state index is -0.108. The molecule has 2 aromatic heterocycles. The molecule has 1 saturated heterocycles. The van der Waals surface area contributed by atoms with E-state index in [0.29, 0.717) is 35.8 Å². The Labute approximate surface area is 194 Å². The molecule has 1 fully saturated rings. The summed E-state index contributed by atoms with van der Waals surface area (Å²) < 4.78 is 7.49. The molecule has 8 heteroatoms. The second-order valence-electron chi connectivity index (χ2n) is 9.11. The summed E-state index contributed by atoms with van der Waals surface area (Å²) in [5.41, 5.74) is 2.03. The first-order valence-corrected chi connectivity index (χ1v) is 11.8. The number of carbonyl (C=O) groups is 2. The van der Waals surface area contributed by atoms with E-state index in [-0.39, 0.29) is 23.7 Å². The largest absolute Gasteiger partial charge is 0.488 e. The van der Waals surface area contributed by atoms with E-state index in [1.165, 1.54) is 6.42 Å². The zero-order valence-corrected chi connectivity index (χ0v) is 20.0. The Bertz CT molecular complexity index is 1100. The van der Waals surface area contributed by atoms with Gasteiger partial charge in [-0.25, -0.2) is 4.98 Å². The van der Waals surface area contributed by atoms with Crippen molar-refractivity contribution < 1.29 is 14.3 Å². The Morgan fingerprint density at radius 2 is 1.85 bits per heavy atom. The molecule has 176 valence electrons. The quantitative estimate of drug-likeness (QED) is 0.711. The van der Waals surface area contributed by atoms with Crippen LogP contribution in [0.3, 0.4) is 0 Å². The number of amides is 1. The maximum atomic E-state index is 12.9. The maximum absolute atomic E-state index is 12.9. The lowest BCUT2D eigenvalue weighted by molar-refractivity contribution is 0.0722. The van der Waals surface area contributed by atoms with Gasteiger partial charge in [0.05, 0.1) is 12.1 Å². The number of likely N-dealkylation sites (tertiary alicyclic amines) is 1. The third-order valence-electron chi connectivity index (χ3n) is 6.64. The van der Waals surface area contributed by atoms with Gasteiger partial charge in [0.1, 0.15) is 12.1 Å². The van der Waals surface area contributed by atoms with Crippen LogP contribution in [0.1, 0.15) is 55.2 Å². The minimum Gasteiger partial charge on any atom is -0.488 e. The van der Waals surface area contributed by atoms with Crippen molar-refractivity contribution in [2.24, 2.45) is 16.8 Å². The van der Waals surface area contributed by atoms with Crippen LogP contribution in [0.15, 0.2) is 35.6 Å². The number of rotatable bonds is 4. The number of fused-ring (bicyclic) bond motifs is 1. The number of piperidine rings is 1. The molecule has 4 rings (SSSR count). The first-order valence-electron chi connectivity index (χ1n) is 11.8. The van der Waals surface area contributed by atoms with E-state index in [1.807, 2.05) is 42.7 Å². The van der Waals surface area contributed by atoms with Crippen molar-refractivity contribution in [2.75, 3.05) is 38.2 Å². The Morgan fingerprint density at radius 1 is 1.09 bits per heavy atom. The molecule has 2 aromatic rings. The molecule has 2 aliphatic heterocycles. The van der Waals surface area contributed by atoms with Crippen LogP contribution < -0.4 is 15.1 Å². The molecule has 0 bridgehead atoms. The fourth-order valence-electron chi connectivity index (χ4n) is 4.26. The molecule has 2 aliphatic rings. The summed E-state index contributed by atoms with van der Waals surface area (Å²) >= 11 is 0. The molecule has 1 amide bonds. The highest BCUT2D eigenvalue weighted by Crippen LogP contribution is 2.35. The Balaban J connectivity index is 1.63. The topological polar surface area (TPSA) is 80.0 Å². The first kappa shape index (κ1) is 23.0. The van der Waals surface area contributed by atoms with Gasteiger partial charge >= 0.3 is 0 Å². The molecule has 1 unspecified atom stereocenters. The van der Waals surface area contributed by atoms with Crippen LogP contribution in [-0.4, -0.2) is 59.6 Å². The normalized spacial score (nSPS) is 17.5. The second kappa shape index (κ2) is 9.77. The highest BCUT2D eigenvalue weighted by Gasteiger charge is 2.26. The number of nitrogens with zero attached hydrogens (tertiary/aromatic N) is 5. The summed E-state index contributed by atoms with van der Waals surface area (Å²) in [6.45, 7) is 8.71. The van der Waals surface area contributed by atoms with Gasteiger partial charge in [-0.2, -0.15) is 0 Å². The molecule has 4 heterocycles. The third-order valence-corrected chi connectivity index (χ3v) is 6.64. The summed E-state index contributed by atoms with van der Waals surface area (Å²) in [4.78, 5) is 38.7. The first-order chi connectivity index (χ1) is 15.9. The van der Waals surface area contributed by atoms with Crippen molar-refractivity contribution in [1.29, 1.82) is 0 Å². The zero-order chi connectivity index (χ0) is 23.5. The van der Waals surface area contributed by atoms with Gasteiger partial charge in [0.25, 0.3) is 5.91 Å². The predicted molar refractivity (Wildman–Crippen MR) is 127 cm³/mol. The molecule has 33 heavy (non-hydrogen) atoms. The zero-order valence-electron chi connectivity index (χ0n) is 20.0. The monoisotopic (exact) mass is 451 g/mol. The smallest absolute Gasteiger partial charge is 0.255 e. The molecule has 0 aliphatic carbocycles. The number of ether oxygens (including phenoxy) is 1. The number of pyridine rings is 2. The minimum absolute atomic E-state index is 0.0105. The number of carbonyl (C=O) groups excluding carboxylic acids is 2. The van der Waals surface area contributed by atoms with Gasteiger partial charge in [-0.1, -0.05) is 20.8 Å². The Kier molecular flexibility index (Phi) is 6.81. The average Bonchev–Trinajstić information content (AvgIpc) is 2.86. The van der Waals surface area contributed by atoms with Crippen LogP contribution in [-0.2, 0) is 0 Å². The Morgan fingerprint density at radius 3 is 2.55 bits per heavy atom. The molecule has 0 aromatic carbocycles. The molecule has 1 atom stereocenters. The van der Waals surface area contributed by atoms with E-state index in [9.17, 15) is 9.59 Å². The number of aromatic nitrogens is 2. The van der Waals surface area contributed by atoms with E-state index in [0.717, 1.165) is 31.6 Å². The standard InChI is InChI=1S/C25H33N5O3/c1-17(2)18(3)24(31)30-11-8-20(15-22(30)26-4)29-12-13-33-21-14-19(16-27-23(21)29)25(32)28-9-6-5-7-10-28/h8,11,14-18H,5-7,9-10,12-13H2,1-4H3.